The summed E-state index contributed by atoms with van der Waals surface area (Å²) in [5.41, 5.74) is 14.5. The van der Waals surface area contributed by atoms with Crippen molar-refractivity contribution in [3.05, 3.63) is 224 Å². The molecular formula is C58H37NOS. The van der Waals surface area contributed by atoms with E-state index in [4.69, 9.17) is 4.42 Å². The first-order valence-electron chi connectivity index (χ1n) is 20.7. The normalized spacial score (nSPS) is 11.6. The van der Waals surface area contributed by atoms with Crippen molar-refractivity contribution < 1.29 is 4.42 Å². The minimum absolute atomic E-state index is 0.887. The number of nitrogens with zero attached hydrogens (tertiary/aromatic N) is 1. The summed E-state index contributed by atoms with van der Waals surface area (Å²) in [6.07, 6.45) is 0. The van der Waals surface area contributed by atoms with Gasteiger partial charge in [-0.2, -0.15) is 0 Å². The summed E-state index contributed by atoms with van der Waals surface area (Å²) in [6, 6.07) is 81.3. The van der Waals surface area contributed by atoms with E-state index in [0.717, 1.165) is 55.7 Å². The van der Waals surface area contributed by atoms with Crippen LogP contribution in [0.25, 0.3) is 97.4 Å². The van der Waals surface area contributed by atoms with Crippen LogP contribution in [0.3, 0.4) is 0 Å². The fourth-order valence-electron chi connectivity index (χ4n) is 9.32. The van der Waals surface area contributed by atoms with Crippen LogP contribution in [0, 0.1) is 0 Å². The summed E-state index contributed by atoms with van der Waals surface area (Å²) in [6.45, 7) is 0. The molecule has 0 N–H and O–H groups in total. The molecule has 10 aromatic carbocycles. The molecule has 0 radical (unpaired) electrons. The molecule has 0 saturated carbocycles. The van der Waals surface area contributed by atoms with Crippen LogP contribution in [0.2, 0.25) is 0 Å². The first kappa shape index (κ1) is 35.2. The number of thiophene rings is 1. The fourth-order valence-corrected chi connectivity index (χ4v) is 10.6. The molecule has 0 aliphatic rings. The first-order chi connectivity index (χ1) is 30.3. The molecule has 0 saturated heterocycles. The number of benzene rings is 10. The van der Waals surface area contributed by atoms with Gasteiger partial charge in [0, 0.05) is 47.8 Å². The number of furan rings is 1. The highest BCUT2D eigenvalue weighted by atomic mass is 32.1. The van der Waals surface area contributed by atoms with Gasteiger partial charge in [-0.25, -0.2) is 0 Å². The van der Waals surface area contributed by atoms with Gasteiger partial charge in [0.25, 0.3) is 0 Å². The summed E-state index contributed by atoms with van der Waals surface area (Å²) < 4.78 is 8.90. The van der Waals surface area contributed by atoms with Crippen LogP contribution in [0.15, 0.2) is 229 Å². The van der Waals surface area contributed by atoms with Gasteiger partial charge >= 0.3 is 0 Å². The summed E-state index contributed by atoms with van der Waals surface area (Å²) in [7, 11) is 0. The van der Waals surface area contributed by atoms with Crippen molar-refractivity contribution in [3.8, 4) is 44.5 Å². The van der Waals surface area contributed by atoms with Crippen molar-refractivity contribution in [1.29, 1.82) is 0 Å². The summed E-state index contributed by atoms with van der Waals surface area (Å²) in [5, 5.41) is 7.27. The molecule has 61 heavy (non-hydrogen) atoms. The monoisotopic (exact) mass is 795 g/mol. The number of rotatable bonds is 7. The predicted octanol–water partition coefficient (Wildman–Crippen LogP) is 17.2. The van der Waals surface area contributed by atoms with Crippen LogP contribution < -0.4 is 4.90 Å². The van der Waals surface area contributed by atoms with Crippen LogP contribution in [0.1, 0.15) is 0 Å². The molecule has 0 atom stereocenters. The maximum Gasteiger partial charge on any atom is 0.135 e. The lowest BCUT2D eigenvalue weighted by molar-refractivity contribution is 0.669. The standard InChI is InChI=1S/C58H37NOS/c1-2-16-38(17-3-1)44-26-13-18-39-19-14-28-49(57(39)44)46-23-5-9-31-53(46)59(42-21-12-20-40(36-42)45-27-15-29-50-48-25-7-11-33-56(48)61-58(45)50)52-30-8-4-22-43(52)41-34-35-55-51(37-41)47-24-6-10-32-54(47)60-55/h1-37H. The third-order valence-electron chi connectivity index (χ3n) is 12.1. The van der Waals surface area contributed by atoms with Crippen LogP contribution in [0.4, 0.5) is 17.1 Å². The van der Waals surface area contributed by atoms with Gasteiger partial charge in [-0.05, 0) is 92.7 Å². The topological polar surface area (TPSA) is 16.4 Å². The Morgan fingerprint density at radius 3 is 1.80 bits per heavy atom. The van der Waals surface area contributed by atoms with Crippen LogP contribution in [0.5, 0.6) is 0 Å². The molecule has 3 heteroatoms. The van der Waals surface area contributed by atoms with Crippen LogP contribution >= 0.6 is 11.3 Å². The van der Waals surface area contributed by atoms with Gasteiger partial charge in [-0.3, -0.25) is 0 Å². The smallest absolute Gasteiger partial charge is 0.135 e. The van der Waals surface area contributed by atoms with E-state index in [-0.39, 0.29) is 0 Å². The maximum atomic E-state index is 6.30. The Kier molecular flexibility index (Phi) is 8.39. The Labute approximate surface area is 357 Å². The highest BCUT2D eigenvalue weighted by Gasteiger charge is 2.23. The lowest BCUT2D eigenvalue weighted by atomic mass is 9.90. The van der Waals surface area contributed by atoms with Crippen molar-refractivity contribution in [1.82, 2.24) is 0 Å². The zero-order valence-electron chi connectivity index (χ0n) is 33.1. The second kappa shape index (κ2) is 14.5. The minimum atomic E-state index is 0.887. The zero-order valence-corrected chi connectivity index (χ0v) is 33.9. The van der Waals surface area contributed by atoms with Gasteiger partial charge in [-0.15, -0.1) is 11.3 Å². The maximum absolute atomic E-state index is 6.30. The molecule has 0 amide bonds. The molecule has 0 aliphatic heterocycles. The van der Waals surface area contributed by atoms with Crippen LogP contribution in [-0.4, -0.2) is 0 Å². The van der Waals surface area contributed by atoms with Crippen molar-refractivity contribution in [2.75, 3.05) is 4.90 Å². The summed E-state index contributed by atoms with van der Waals surface area (Å²) >= 11 is 1.87. The molecule has 286 valence electrons. The first-order valence-corrected chi connectivity index (χ1v) is 21.6. The highest BCUT2D eigenvalue weighted by Crippen LogP contribution is 2.49. The average molecular weight is 796 g/mol. The van der Waals surface area contributed by atoms with E-state index in [0.29, 0.717) is 0 Å². The molecule has 0 bridgehead atoms. The molecule has 0 unspecified atom stereocenters. The summed E-state index contributed by atoms with van der Waals surface area (Å²) in [4.78, 5) is 2.47. The number of hydrogen-bond donors (Lipinski definition) is 0. The Hall–Kier alpha value is -7.72. The van der Waals surface area contributed by atoms with E-state index in [1.807, 2.05) is 23.5 Å². The predicted molar refractivity (Wildman–Crippen MR) is 261 cm³/mol. The van der Waals surface area contributed by atoms with E-state index < -0.39 is 0 Å². The van der Waals surface area contributed by atoms with Gasteiger partial charge in [0.1, 0.15) is 11.2 Å². The third kappa shape index (κ3) is 5.93. The number of hydrogen-bond acceptors (Lipinski definition) is 3. The quantitative estimate of drug-likeness (QED) is 0.160. The van der Waals surface area contributed by atoms with Crippen molar-refractivity contribution >= 4 is 81.3 Å². The SMILES string of the molecule is c1ccc(-c2cccc3cccc(-c4ccccc4N(c4cccc(-c5cccc6c5sc5ccccc56)c4)c4ccccc4-c4ccc5oc6ccccc6c5c4)c23)cc1. The minimum Gasteiger partial charge on any atom is -0.456 e. The van der Waals surface area contributed by atoms with Gasteiger partial charge in [0.2, 0.25) is 0 Å². The van der Waals surface area contributed by atoms with Crippen molar-refractivity contribution in [2.45, 2.75) is 0 Å². The molecule has 0 aliphatic carbocycles. The second-order valence-corrected chi connectivity index (χ2v) is 16.6. The van der Waals surface area contributed by atoms with E-state index in [1.54, 1.807) is 0 Å². The molecule has 2 nitrogen and oxygen atoms in total. The van der Waals surface area contributed by atoms with E-state index >= 15 is 0 Å². The number of para-hydroxylation sites is 3. The number of fused-ring (bicyclic) bond motifs is 7. The lowest BCUT2D eigenvalue weighted by Crippen LogP contribution is -2.12. The highest BCUT2D eigenvalue weighted by molar-refractivity contribution is 7.26. The van der Waals surface area contributed by atoms with Gasteiger partial charge in [0.15, 0.2) is 0 Å². The number of anilines is 3. The van der Waals surface area contributed by atoms with Crippen molar-refractivity contribution in [2.24, 2.45) is 0 Å². The van der Waals surface area contributed by atoms with Gasteiger partial charge in [0.05, 0.1) is 11.4 Å². The van der Waals surface area contributed by atoms with E-state index in [2.05, 4.69) is 217 Å². The van der Waals surface area contributed by atoms with Crippen LogP contribution in [-0.2, 0) is 0 Å². The van der Waals surface area contributed by atoms with Gasteiger partial charge in [-0.1, -0.05) is 176 Å². The average Bonchev–Trinajstić information content (AvgIpc) is 3.90. The molecule has 2 aromatic heterocycles. The largest absolute Gasteiger partial charge is 0.456 e. The molecule has 2 heterocycles. The van der Waals surface area contributed by atoms with E-state index in [1.165, 1.54) is 58.8 Å². The summed E-state index contributed by atoms with van der Waals surface area (Å²) in [5.74, 6) is 0. The molecule has 0 spiro atoms. The molecule has 12 rings (SSSR count). The fraction of sp³-hybridized carbons (Fsp3) is 0. The Bertz CT molecular complexity index is 3610. The molecule has 0 fully saturated rings. The Morgan fingerprint density at radius 1 is 0.344 bits per heavy atom. The molecular weight excluding hydrogens is 759 g/mol. The lowest BCUT2D eigenvalue weighted by Gasteiger charge is -2.30. The Balaban J connectivity index is 1.11. The second-order valence-electron chi connectivity index (χ2n) is 15.6. The third-order valence-corrected chi connectivity index (χ3v) is 13.3. The molecule has 12 aromatic rings. The Morgan fingerprint density at radius 2 is 0.934 bits per heavy atom. The van der Waals surface area contributed by atoms with Crippen molar-refractivity contribution in [3.63, 3.8) is 0 Å². The zero-order chi connectivity index (χ0) is 40.3. The van der Waals surface area contributed by atoms with Gasteiger partial charge < -0.3 is 9.32 Å². The van der Waals surface area contributed by atoms with E-state index in [9.17, 15) is 0 Å².